The zero-order valence-corrected chi connectivity index (χ0v) is 39.2. The van der Waals surface area contributed by atoms with Gasteiger partial charge in [-0.1, -0.05) is 0 Å². The number of amides is 1. The van der Waals surface area contributed by atoms with E-state index in [-0.39, 0.29) is 64.6 Å². The Hall–Kier alpha value is -1.02. The number of nitrogens with zero attached hydrogens (tertiary/aromatic N) is 1. The topological polar surface area (TPSA) is 305 Å². The Bertz CT molecular complexity index is 967. The molecule has 0 heterocycles. The summed E-state index contributed by atoms with van der Waals surface area (Å²) in [5.41, 5.74) is 0. The maximum absolute atomic E-state index is 12.3. The van der Waals surface area contributed by atoms with E-state index >= 15 is 0 Å². The predicted octanol–water partition coefficient (Wildman–Crippen LogP) is -4.15. The molecule has 0 fully saturated rings. The molecule has 0 saturated heterocycles. The summed E-state index contributed by atoms with van der Waals surface area (Å²) in [4.78, 5) is 13.7. The molecule has 0 aliphatic carbocycles. The Morgan fingerprint density at radius 2 is 0.677 bits per heavy atom. The van der Waals surface area contributed by atoms with Gasteiger partial charge in [0.15, 0.2) is 0 Å². The lowest BCUT2D eigenvalue weighted by Gasteiger charge is -2.32. The first-order valence-corrected chi connectivity index (χ1v) is 23.1. The fourth-order valence-electron chi connectivity index (χ4n) is 5.31. The lowest BCUT2D eigenvalue weighted by Crippen LogP contribution is -2.51. The van der Waals surface area contributed by atoms with E-state index in [1.165, 1.54) is 4.90 Å². The molecule has 0 bridgehead atoms. The summed E-state index contributed by atoms with van der Waals surface area (Å²) >= 11 is 4.07. The quantitative estimate of drug-likeness (QED) is 0.0204. The molecule has 0 aromatic heterocycles. The second kappa shape index (κ2) is 49.4. The maximum Gasteiger partial charge on any atom is 0.222 e. The van der Waals surface area contributed by atoms with Crippen molar-refractivity contribution in [3.05, 3.63) is 0 Å². The summed E-state index contributed by atoms with van der Waals surface area (Å²) in [7, 11) is 0. The third kappa shape index (κ3) is 42.8. The van der Waals surface area contributed by atoms with Crippen molar-refractivity contribution in [2.45, 2.75) is 55.9 Å². The molecule has 0 aliphatic heterocycles. The first-order valence-electron chi connectivity index (χ1n) is 22.5. The highest BCUT2D eigenvalue weighted by molar-refractivity contribution is 7.80. The summed E-state index contributed by atoms with van der Waals surface area (Å²) in [5, 5.41) is 81.7. The van der Waals surface area contributed by atoms with Gasteiger partial charge in [0.25, 0.3) is 0 Å². The molecule has 0 aromatic carbocycles. The van der Waals surface area contributed by atoms with Crippen molar-refractivity contribution in [1.29, 1.82) is 0 Å². The SMILES string of the molecule is O=C(CCOCCOCCOCCOCCOCCOCCOCCOCCOCCOCCOCCOCCS)NCCN(CC(O)C(O)C(O)CCO)CC(O)C(O)C(O)CCO. The minimum Gasteiger partial charge on any atom is -0.396 e. The number of carbonyl (C=O) groups excluding carboxylic acids is 1. The third-order valence-electron chi connectivity index (χ3n) is 8.87. The number of carbonyl (C=O) groups is 1. The number of aliphatic hydroxyl groups is 8. The molecular formula is C41H84N2O21S. The van der Waals surface area contributed by atoms with Crippen LogP contribution in [0.3, 0.4) is 0 Å². The Morgan fingerprint density at radius 3 is 0.938 bits per heavy atom. The molecular weight excluding hydrogens is 889 g/mol. The van der Waals surface area contributed by atoms with Gasteiger partial charge in [-0.3, -0.25) is 9.69 Å². The van der Waals surface area contributed by atoms with Crippen molar-refractivity contribution in [1.82, 2.24) is 10.2 Å². The van der Waals surface area contributed by atoms with Crippen LogP contribution in [0.15, 0.2) is 0 Å². The molecule has 0 spiro atoms. The first-order chi connectivity index (χ1) is 31.7. The van der Waals surface area contributed by atoms with Crippen LogP contribution in [0.25, 0.3) is 0 Å². The Morgan fingerprint density at radius 1 is 0.415 bits per heavy atom. The summed E-state index contributed by atoms with van der Waals surface area (Å²) < 4.78 is 65.3. The van der Waals surface area contributed by atoms with Crippen LogP contribution in [0.5, 0.6) is 0 Å². The van der Waals surface area contributed by atoms with Crippen molar-refractivity contribution in [2.75, 3.05) is 204 Å². The average Bonchev–Trinajstić information content (AvgIpc) is 3.29. The van der Waals surface area contributed by atoms with Gasteiger partial charge in [-0.05, 0) is 12.8 Å². The van der Waals surface area contributed by atoms with Gasteiger partial charge in [-0.2, -0.15) is 12.6 Å². The van der Waals surface area contributed by atoms with Crippen molar-refractivity contribution in [2.24, 2.45) is 0 Å². The molecule has 65 heavy (non-hydrogen) atoms. The number of rotatable bonds is 53. The van der Waals surface area contributed by atoms with E-state index in [1.54, 1.807) is 0 Å². The molecule has 0 saturated carbocycles. The summed E-state index contributed by atoms with van der Waals surface area (Å²) in [6.07, 6.45) is -9.27. The lowest BCUT2D eigenvalue weighted by atomic mass is 10.0. The monoisotopic (exact) mass is 973 g/mol. The summed E-state index contributed by atoms with van der Waals surface area (Å²) in [6, 6.07) is 0. The van der Waals surface area contributed by atoms with Gasteiger partial charge in [0.05, 0.1) is 183 Å². The standard InChI is InChI=1S/C41H84N2O21S/c44-6-1-35(46)40(51)37(48)33-43(34-38(49)41(52)36(47)2-7-45)5-4-42-39(50)3-8-53-9-10-54-11-12-55-13-14-56-15-16-57-17-18-58-19-20-59-21-22-60-23-24-61-25-26-62-27-28-63-29-30-64-31-32-65/h35-38,40-41,44-49,51-52,65H,1-34H2,(H,42,50). The molecule has 23 nitrogen and oxygen atoms in total. The van der Waals surface area contributed by atoms with Crippen LogP contribution in [0.4, 0.5) is 0 Å². The van der Waals surface area contributed by atoms with E-state index in [1.807, 2.05) is 0 Å². The van der Waals surface area contributed by atoms with E-state index < -0.39 is 49.8 Å². The van der Waals surface area contributed by atoms with Gasteiger partial charge >= 0.3 is 0 Å². The van der Waals surface area contributed by atoms with Gasteiger partial charge in [0, 0.05) is 51.6 Å². The molecule has 0 rings (SSSR count). The number of ether oxygens (including phenoxy) is 12. The van der Waals surface area contributed by atoms with Crippen LogP contribution in [0, 0.1) is 0 Å². The highest BCUT2D eigenvalue weighted by Gasteiger charge is 2.30. The van der Waals surface area contributed by atoms with E-state index in [0.717, 1.165) is 0 Å². The van der Waals surface area contributed by atoms with Crippen LogP contribution in [-0.2, 0) is 61.6 Å². The van der Waals surface area contributed by atoms with Gasteiger partial charge in [-0.25, -0.2) is 0 Å². The van der Waals surface area contributed by atoms with Crippen LogP contribution >= 0.6 is 12.6 Å². The van der Waals surface area contributed by atoms with E-state index in [2.05, 4.69) is 17.9 Å². The number of hydrogen-bond donors (Lipinski definition) is 10. The molecule has 24 heteroatoms. The molecule has 390 valence electrons. The minimum atomic E-state index is -1.60. The summed E-state index contributed by atoms with van der Waals surface area (Å²) in [5.74, 6) is 0.377. The zero-order chi connectivity index (χ0) is 47.9. The largest absolute Gasteiger partial charge is 0.396 e. The summed E-state index contributed by atoms with van der Waals surface area (Å²) in [6.45, 7) is 9.45. The van der Waals surface area contributed by atoms with Crippen LogP contribution in [0.1, 0.15) is 19.3 Å². The highest BCUT2D eigenvalue weighted by atomic mass is 32.1. The Balaban J connectivity index is 3.62. The Kier molecular flexibility index (Phi) is 48.6. The molecule has 0 aliphatic rings. The van der Waals surface area contributed by atoms with E-state index in [0.29, 0.717) is 151 Å². The molecule has 6 atom stereocenters. The van der Waals surface area contributed by atoms with Crippen molar-refractivity contribution >= 4 is 18.5 Å². The van der Waals surface area contributed by atoms with Crippen molar-refractivity contribution in [3.8, 4) is 0 Å². The number of nitrogens with one attached hydrogen (secondary N) is 1. The smallest absolute Gasteiger partial charge is 0.222 e. The molecule has 1 amide bonds. The van der Waals surface area contributed by atoms with E-state index in [9.17, 15) is 35.4 Å². The van der Waals surface area contributed by atoms with Gasteiger partial charge in [0.2, 0.25) is 5.91 Å². The zero-order valence-electron chi connectivity index (χ0n) is 38.3. The maximum atomic E-state index is 12.3. The Labute approximate surface area is 390 Å². The molecule has 0 radical (unpaired) electrons. The second-order valence-corrected chi connectivity index (χ2v) is 14.7. The van der Waals surface area contributed by atoms with Crippen LogP contribution in [0.2, 0.25) is 0 Å². The van der Waals surface area contributed by atoms with Crippen molar-refractivity contribution in [3.63, 3.8) is 0 Å². The molecule has 0 aromatic rings. The average molecular weight is 973 g/mol. The fourth-order valence-corrected chi connectivity index (χ4v) is 5.44. The number of thiol groups is 1. The van der Waals surface area contributed by atoms with Gasteiger partial charge < -0.3 is 103 Å². The van der Waals surface area contributed by atoms with Gasteiger partial charge in [-0.15, -0.1) is 0 Å². The van der Waals surface area contributed by atoms with Gasteiger partial charge in [0.1, 0.15) is 12.2 Å². The normalized spacial score (nSPS) is 14.7. The highest BCUT2D eigenvalue weighted by Crippen LogP contribution is 2.10. The second-order valence-electron chi connectivity index (χ2n) is 14.2. The van der Waals surface area contributed by atoms with Crippen LogP contribution in [-0.4, -0.2) is 292 Å². The van der Waals surface area contributed by atoms with Crippen LogP contribution < -0.4 is 5.32 Å². The number of aliphatic hydroxyl groups excluding tert-OH is 8. The van der Waals surface area contributed by atoms with Crippen molar-refractivity contribution < 1.29 is 102 Å². The minimum absolute atomic E-state index is 0.0572. The third-order valence-corrected chi connectivity index (χ3v) is 9.05. The lowest BCUT2D eigenvalue weighted by molar-refractivity contribution is -0.122. The molecule has 9 N–H and O–H groups in total. The fraction of sp³-hybridized carbons (Fsp3) is 0.976. The first kappa shape index (κ1) is 64.0. The van der Waals surface area contributed by atoms with E-state index in [4.69, 9.17) is 67.1 Å². The predicted molar refractivity (Wildman–Crippen MR) is 237 cm³/mol. The molecule has 6 unspecified atom stereocenters. The number of hydrogen-bond acceptors (Lipinski definition) is 23.